The van der Waals surface area contributed by atoms with E-state index in [2.05, 4.69) is 17.2 Å². The monoisotopic (exact) mass is 244 g/mol. The van der Waals surface area contributed by atoms with E-state index in [1.165, 1.54) is 23.9 Å². The summed E-state index contributed by atoms with van der Waals surface area (Å²) < 4.78 is 12.6. The van der Waals surface area contributed by atoms with Gasteiger partial charge in [0.05, 0.1) is 11.9 Å². The molecule has 1 aromatic heterocycles. The van der Waals surface area contributed by atoms with Crippen LogP contribution in [-0.4, -0.2) is 10.9 Å². The van der Waals surface area contributed by atoms with E-state index in [-0.39, 0.29) is 5.91 Å². The van der Waals surface area contributed by atoms with E-state index in [0.717, 1.165) is 6.42 Å². The van der Waals surface area contributed by atoms with Gasteiger partial charge >= 0.3 is 0 Å². The van der Waals surface area contributed by atoms with Crippen molar-refractivity contribution in [1.82, 2.24) is 4.98 Å². The van der Waals surface area contributed by atoms with Gasteiger partial charge in [0.25, 0.3) is 5.91 Å². The molecule has 1 N–H and O–H groups in total. The van der Waals surface area contributed by atoms with Crippen molar-refractivity contribution in [1.29, 1.82) is 0 Å². The maximum Gasteiger partial charge on any atom is 0.255 e. The van der Waals surface area contributed by atoms with Gasteiger partial charge in [0.15, 0.2) is 0 Å². The smallest absolute Gasteiger partial charge is 0.255 e. The molecule has 0 aliphatic heterocycles. The van der Waals surface area contributed by atoms with Crippen molar-refractivity contribution in [2.45, 2.75) is 13.3 Å². The number of amides is 1. The Balaban J connectivity index is 2.09. The number of benzene rings is 1. The van der Waals surface area contributed by atoms with Gasteiger partial charge in [0, 0.05) is 5.56 Å². The summed E-state index contributed by atoms with van der Waals surface area (Å²) in [5.41, 5.74) is 2.22. The number of carbonyl (C=O) groups is 1. The van der Waals surface area contributed by atoms with E-state index in [1.807, 2.05) is 12.1 Å². The molecule has 2 aromatic rings. The molecule has 1 aromatic carbocycles. The molecule has 0 aliphatic rings. The fourth-order valence-electron chi connectivity index (χ4n) is 1.54. The molecule has 1 amide bonds. The number of halogens is 1. The third-order valence-corrected chi connectivity index (χ3v) is 2.61. The number of carbonyl (C=O) groups excluding carboxylic acids is 1. The highest BCUT2D eigenvalue weighted by Crippen LogP contribution is 2.10. The first-order chi connectivity index (χ1) is 8.69. The minimum Gasteiger partial charge on any atom is -0.321 e. The van der Waals surface area contributed by atoms with Gasteiger partial charge in [-0.05, 0) is 36.2 Å². The van der Waals surface area contributed by atoms with Gasteiger partial charge < -0.3 is 5.32 Å². The molecule has 0 fully saturated rings. The van der Waals surface area contributed by atoms with Gasteiger partial charge in [-0.25, -0.2) is 4.98 Å². The van der Waals surface area contributed by atoms with Crippen molar-refractivity contribution >= 4 is 11.6 Å². The lowest BCUT2D eigenvalue weighted by atomic mass is 10.1. The van der Waals surface area contributed by atoms with Gasteiger partial charge in [-0.1, -0.05) is 19.1 Å². The second kappa shape index (κ2) is 5.40. The molecule has 0 spiro atoms. The second-order valence-corrected chi connectivity index (χ2v) is 3.87. The van der Waals surface area contributed by atoms with E-state index < -0.39 is 5.95 Å². The van der Waals surface area contributed by atoms with Crippen molar-refractivity contribution in [3.8, 4) is 0 Å². The van der Waals surface area contributed by atoms with Crippen LogP contribution in [0.15, 0.2) is 42.6 Å². The molecule has 2 rings (SSSR count). The fourth-order valence-corrected chi connectivity index (χ4v) is 1.54. The van der Waals surface area contributed by atoms with Crippen molar-refractivity contribution in [3.63, 3.8) is 0 Å². The van der Waals surface area contributed by atoms with Crippen LogP contribution in [0.2, 0.25) is 0 Å². The van der Waals surface area contributed by atoms with Crippen molar-refractivity contribution in [2.75, 3.05) is 5.32 Å². The summed E-state index contributed by atoms with van der Waals surface area (Å²) in [7, 11) is 0. The highest BCUT2D eigenvalue weighted by Gasteiger charge is 2.06. The van der Waals surface area contributed by atoms with Gasteiger partial charge in [0.2, 0.25) is 5.95 Å². The average Bonchev–Trinajstić information content (AvgIpc) is 2.41. The Labute approximate surface area is 105 Å². The Morgan fingerprint density at radius 1 is 1.22 bits per heavy atom. The topological polar surface area (TPSA) is 42.0 Å². The van der Waals surface area contributed by atoms with Crippen molar-refractivity contribution in [3.05, 3.63) is 59.7 Å². The molecule has 92 valence electrons. The molecule has 0 saturated heterocycles. The van der Waals surface area contributed by atoms with Crippen LogP contribution >= 0.6 is 0 Å². The molecular formula is C14H13FN2O. The molecule has 4 heteroatoms. The lowest BCUT2D eigenvalue weighted by Gasteiger charge is -2.05. The number of aromatic nitrogens is 1. The largest absolute Gasteiger partial charge is 0.321 e. The Bertz CT molecular complexity index is 535. The summed E-state index contributed by atoms with van der Waals surface area (Å²) in [4.78, 5) is 15.3. The van der Waals surface area contributed by atoms with E-state index in [9.17, 15) is 9.18 Å². The van der Waals surface area contributed by atoms with E-state index in [4.69, 9.17) is 0 Å². The lowest BCUT2D eigenvalue weighted by Crippen LogP contribution is -2.12. The maximum absolute atomic E-state index is 12.6. The molecule has 1 heterocycles. The summed E-state index contributed by atoms with van der Waals surface area (Å²) in [6, 6.07) is 10.0. The normalized spacial score (nSPS) is 10.1. The SMILES string of the molecule is CCc1ccc(C(=O)Nc2ccc(F)nc2)cc1. The predicted molar refractivity (Wildman–Crippen MR) is 68.0 cm³/mol. The van der Waals surface area contributed by atoms with Crippen molar-refractivity contribution < 1.29 is 9.18 Å². The minimum atomic E-state index is -0.569. The summed E-state index contributed by atoms with van der Waals surface area (Å²) in [6.45, 7) is 2.05. The molecule has 3 nitrogen and oxygen atoms in total. The summed E-state index contributed by atoms with van der Waals surface area (Å²) >= 11 is 0. The van der Waals surface area contributed by atoms with Gasteiger partial charge in [-0.3, -0.25) is 4.79 Å². The first kappa shape index (κ1) is 12.2. The molecule has 0 unspecified atom stereocenters. The quantitative estimate of drug-likeness (QED) is 0.843. The predicted octanol–water partition coefficient (Wildman–Crippen LogP) is 3.04. The number of hydrogen-bond acceptors (Lipinski definition) is 2. The molecule has 0 aliphatic carbocycles. The zero-order valence-corrected chi connectivity index (χ0v) is 9.98. The van der Waals surface area contributed by atoms with Gasteiger partial charge in [-0.2, -0.15) is 4.39 Å². The zero-order chi connectivity index (χ0) is 13.0. The Kier molecular flexibility index (Phi) is 3.67. The van der Waals surface area contributed by atoms with Crippen LogP contribution in [0.4, 0.5) is 10.1 Å². The molecule has 0 saturated carbocycles. The number of hydrogen-bond donors (Lipinski definition) is 1. The second-order valence-electron chi connectivity index (χ2n) is 3.87. The number of pyridine rings is 1. The van der Waals surface area contributed by atoms with Gasteiger partial charge in [0.1, 0.15) is 0 Å². The third-order valence-electron chi connectivity index (χ3n) is 2.61. The first-order valence-electron chi connectivity index (χ1n) is 5.71. The number of nitrogens with one attached hydrogen (secondary N) is 1. The summed E-state index contributed by atoms with van der Waals surface area (Å²) in [5.74, 6) is -0.800. The highest BCUT2D eigenvalue weighted by atomic mass is 19.1. The molecule has 0 radical (unpaired) electrons. The van der Waals surface area contributed by atoms with Crippen LogP contribution in [0.25, 0.3) is 0 Å². The van der Waals surface area contributed by atoms with Crippen LogP contribution in [0.5, 0.6) is 0 Å². The van der Waals surface area contributed by atoms with E-state index in [0.29, 0.717) is 11.3 Å². The first-order valence-corrected chi connectivity index (χ1v) is 5.71. The fraction of sp³-hybridized carbons (Fsp3) is 0.143. The summed E-state index contributed by atoms with van der Waals surface area (Å²) in [5, 5.41) is 2.65. The average molecular weight is 244 g/mol. The molecular weight excluding hydrogens is 231 g/mol. The zero-order valence-electron chi connectivity index (χ0n) is 9.98. The minimum absolute atomic E-state index is 0.230. The molecule has 0 bridgehead atoms. The Morgan fingerprint density at radius 2 is 1.94 bits per heavy atom. The van der Waals surface area contributed by atoms with E-state index >= 15 is 0 Å². The number of aryl methyl sites for hydroxylation is 1. The van der Waals surface area contributed by atoms with Crippen LogP contribution in [-0.2, 0) is 6.42 Å². The van der Waals surface area contributed by atoms with Crippen LogP contribution in [0.1, 0.15) is 22.8 Å². The molecule has 0 atom stereocenters. The standard InChI is InChI=1S/C14H13FN2O/c1-2-10-3-5-11(6-4-10)14(18)17-12-7-8-13(15)16-9-12/h3-9H,2H2,1H3,(H,17,18). The summed E-state index contributed by atoms with van der Waals surface area (Å²) in [6.07, 6.45) is 2.22. The van der Waals surface area contributed by atoms with Crippen LogP contribution < -0.4 is 5.32 Å². The number of anilines is 1. The van der Waals surface area contributed by atoms with Crippen LogP contribution in [0.3, 0.4) is 0 Å². The third kappa shape index (κ3) is 2.91. The lowest BCUT2D eigenvalue weighted by molar-refractivity contribution is 0.102. The van der Waals surface area contributed by atoms with Crippen molar-refractivity contribution in [2.24, 2.45) is 0 Å². The Morgan fingerprint density at radius 3 is 2.50 bits per heavy atom. The van der Waals surface area contributed by atoms with E-state index in [1.54, 1.807) is 12.1 Å². The van der Waals surface area contributed by atoms with Gasteiger partial charge in [-0.15, -0.1) is 0 Å². The van der Waals surface area contributed by atoms with Crippen LogP contribution in [0, 0.1) is 5.95 Å². The molecule has 18 heavy (non-hydrogen) atoms. The Hall–Kier alpha value is -2.23. The highest BCUT2D eigenvalue weighted by molar-refractivity contribution is 6.04. The number of rotatable bonds is 3. The number of nitrogens with zero attached hydrogens (tertiary/aromatic N) is 1. The maximum atomic E-state index is 12.6.